The van der Waals surface area contributed by atoms with Crippen molar-refractivity contribution in [2.24, 2.45) is 0 Å². The topological polar surface area (TPSA) is 42.0 Å². The molecular weight excluding hydrogens is 188 g/mol. The number of benzene rings is 1. The third-order valence-corrected chi connectivity index (χ3v) is 1.94. The first-order valence-electron chi connectivity index (χ1n) is 4.63. The van der Waals surface area contributed by atoms with E-state index in [0.29, 0.717) is 11.5 Å². The van der Waals surface area contributed by atoms with Gasteiger partial charge >= 0.3 is 0 Å². The Morgan fingerprint density at radius 2 is 1.80 bits per heavy atom. The number of rotatable bonds is 3. The number of nitrogens with one attached hydrogen (secondary N) is 1. The number of hydrogen-bond acceptors (Lipinski definition) is 3. The lowest BCUT2D eigenvalue weighted by Crippen LogP contribution is -1.95. The third-order valence-electron chi connectivity index (χ3n) is 1.94. The minimum absolute atomic E-state index is 0.427. The van der Waals surface area contributed by atoms with Gasteiger partial charge in [-0.2, -0.15) is 0 Å². The van der Waals surface area contributed by atoms with Crippen LogP contribution in [0.3, 0.4) is 0 Å². The number of nitrogens with zero attached hydrogens (tertiary/aromatic N) is 1. The van der Waals surface area contributed by atoms with E-state index in [1.54, 1.807) is 12.1 Å². The molecule has 0 bridgehead atoms. The fourth-order valence-corrected chi connectivity index (χ4v) is 1.26. The second kappa shape index (κ2) is 4.37. The molecule has 1 N–H and O–H groups in total. The quantitative estimate of drug-likeness (QED) is 0.771. The van der Waals surface area contributed by atoms with Crippen molar-refractivity contribution >= 4 is 17.8 Å². The number of aldehydes is 1. The summed E-state index contributed by atoms with van der Waals surface area (Å²) in [6, 6.07) is 15.0. The highest BCUT2D eigenvalue weighted by atomic mass is 16.1. The predicted molar refractivity (Wildman–Crippen MR) is 59.3 cm³/mol. The SMILES string of the molecule is O=Cc1cccc(Nc2ccccc2)n1. The first-order valence-corrected chi connectivity index (χ1v) is 4.63. The van der Waals surface area contributed by atoms with Crippen molar-refractivity contribution in [2.45, 2.75) is 0 Å². The lowest BCUT2D eigenvalue weighted by Gasteiger charge is -2.04. The van der Waals surface area contributed by atoms with E-state index in [-0.39, 0.29) is 0 Å². The van der Waals surface area contributed by atoms with Crippen LogP contribution in [0, 0.1) is 0 Å². The Bertz CT molecular complexity index is 454. The molecule has 0 fully saturated rings. The van der Waals surface area contributed by atoms with Crippen molar-refractivity contribution in [1.29, 1.82) is 0 Å². The number of para-hydroxylation sites is 1. The van der Waals surface area contributed by atoms with Crippen LogP contribution in [0.15, 0.2) is 48.5 Å². The van der Waals surface area contributed by atoms with E-state index in [4.69, 9.17) is 0 Å². The van der Waals surface area contributed by atoms with Crippen molar-refractivity contribution in [3.8, 4) is 0 Å². The van der Waals surface area contributed by atoms with E-state index in [9.17, 15) is 4.79 Å². The molecule has 0 aliphatic rings. The molecule has 1 aromatic carbocycles. The molecule has 0 aliphatic carbocycles. The fraction of sp³-hybridized carbons (Fsp3) is 0. The second-order valence-electron chi connectivity index (χ2n) is 3.06. The molecule has 0 spiro atoms. The lowest BCUT2D eigenvalue weighted by molar-refractivity contribution is 0.111. The maximum absolute atomic E-state index is 10.5. The molecule has 0 atom stereocenters. The van der Waals surface area contributed by atoms with Crippen LogP contribution in [0.1, 0.15) is 10.5 Å². The van der Waals surface area contributed by atoms with Crippen LogP contribution in [-0.4, -0.2) is 11.3 Å². The van der Waals surface area contributed by atoms with Crippen LogP contribution in [0.4, 0.5) is 11.5 Å². The van der Waals surface area contributed by atoms with E-state index in [1.165, 1.54) is 0 Å². The Morgan fingerprint density at radius 3 is 2.53 bits per heavy atom. The van der Waals surface area contributed by atoms with Crippen LogP contribution in [0.2, 0.25) is 0 Å². The zero-order valence-electron chi connectivity index (χ0n) is 8.05. The highest BCUT2D eigenvalue weighted by molar-refractivity contribution is 5.73. The van der Waals surface area contributed by atoms with Crippen molar-refractivity contribution < 1.29 is 4.79 Å². The third kappa shape index (κ3) is 2.40. The van der Waals surface area contributed by atoms with Gasteiger partial charge in [-0.25, -0.2) is 4.98 Å². The zero-order valence-corrected chi connectivity index (χ0v) is 8.05. The Kier molecular flexibility index (Phi) is 2.74. The Morgan fingerprint density at radius 1 is 1.00 bits per heavy atom. The molecule has 0 unspecified atom stereocenters. The molecule has 1 heterocycles. The van der Waals surface area contributed by atoms with Gasteiger partial charge in [-0.3, -0.25) is 4.79 Å². The van der Waals surface area contributed by atoms with E-state index in [1.807, 2.05) is 36.4 Å². The molecule has 2 aromatic rings. The average molecular weight is 198 g/mol. The summed E-state index contributed by atoms with van der Waals surface area (Å²) in [4.78, 5) is 14.6. The van der Waals surface area contributed by atoms with Crippen molar-refractivity contribution in [3.05, 3.63) is 54.2 Å². The summed E-state index contributed by atoms with van der Waals surface area (Å²) >= 11 is 0. The van der Waals surface area contributed by atoms with Crippen molar-refractivity contribution in [1.82, 2.24) is 4.98 Å². The second-order valence-corrected chi connectivity index (χ2v) is 3.06. The molecule has 0 amide bonds. The van der Waals surface area contributed by atoms with Gasteiger partial charge in [0.25, 0.3) is 0 Å². The summed E-state index contributed by atoms with van der Waals surface area (Å²) in [7, 11) is 0. The largest absolute Gasteiger partial charge is 0.340 e. The van der Waals surface area contributed by atoms with E-state index >= 15 is 0 Å². The number of hydrogen-bond donors (Lipinski definition) is 1. The standard InChI is InChI=1S/C12H10N2O/c15-9-11-7-4-8-12(14-11)13-10-5-2-1-3-6-10/h1-9H,(H,13,14). The monoisotopic (exact) mass is 198 g/mol. The van der Waals surface area contributed by atoms with Crippen LogP contribution in [-0.2, 0) is 0 Å². The van der Waals surface area contributed by atoms with Crippen LogP contribution < -0.4 is 5.32 Å². The highest BCUT2D eigenvalue weighted by Gasteiger charge is 1.96. The van der Waals surface area contributed by atoms with Gasteiger partial charge in [0, 0.05) is 5.69 Å². The minimum atomic E-state index is 0.427. The molecule has 0 saturated carbocycles. The first kappa shape index (κ1) is 9.40. The summed E-state index contributed by atoms with van der Waals surface area (Å²) in [6.45, 7) is 0. The minimum Gasteiger partial charge on any atom is -0.340 e. The van der Waals surface area contributed by atoms with Gasteiger partial charge in [-0.1, -0.05) is 24.3 Å². The maximum Gasteiger partial charge on any atom is 0.168 e. The highest BCUT2D eigenvalue weighted by Crippen LogP contribution is 2.13. The first-order chi connectivity index (χ1) is 7.38. The van der Waals surface area contributed by atoms with E-state index < -0.39 is 0 Å². The van der Waals surface area contributed by atoms with E-state index in [0.717, 1.165) is 12.0 Å². The van der Waals surface area contributed by atoms with Gasteiger partial charge in [-0.05, 0) is 24.3 Å². The van der Waals surface area contributed by atoms with Crippen LogP contribution in [0.25, 0.3) is 0 Å². The Hall–Kier alpha value is -2.16. The summed E-state index contributed by atoms with van der Waals surface area (Å²) < 4.78 is 0. The van der Waals surface area contributed by atoms with Crippen molar-refractivity contribution in [3.63, 3.8) is 0 Å². The molecule has 3 nitrogen and oxygen atoms in total. The number of carbonyl (C=O) groups is 1. The smallest absolute Gasteiger partial charge is 0.168 e. The van der Waals surface area contributed by atoms with Gasteiger partial charge in [0.1, 0.15) is 11.5 Å². The molecular formula is C12H10N2O. The number of pyridine rings is 1. The fourth-order valence-electron chi connectivity index (χ4n) is 1.26. The Balaban J connectivity index is 2.21. The van der Waals surface area contributed by atoms with Gasteiger partial charge in [0.15, 0.2) is 6.29 Å². The molecule has 3 heteroatoms. The number of aromatic nitrogens is 1. The Labute approximate surface area is 87.8 Å². The molecule has 15 heavy (non-hydrogen) atoms. The normalized spacial score (nSPS) is 9.60. The van der Waals surface area contributed by atoms with Gasteiger partial charge in [0.05, 0.1) is 0 Å². The van der Waals surface area contributed by atoms with Gasteiger partial charge < -0.3 is 5.32 Å². The van der Waals surface area contributed by atoms with E-state index in [2.05, 4.69) is 10.3 Å². The van der Waals surface area contributed by atoms with Gasteiger partial charge in [-0.15, -0.1) is 0 Å². The molecule has 74 valence electrons. The predicted octanol–water partition coefficient (Wildman–Crippen LogP) is 2.64. The van der Waals surface area contributed by atoms with Crippen LogP contribution >= 0.6 is 0 Å². The molecule has 0 radical (unpaired) electrons. The van der Waals surface area contributed by atoms with Crippen LogP contribution in [0.5, 0.6) is 0 Å². The zero-order chi connectivity index (χ0) is 10.5. The summed E-state index contributed by atoms with van der Waals surface area (Å²) in [5.41, 5.74) is 1.38. The summed E-state index contributed by atoms with van der Waals surface area (Å²) in [5, 5.41) is 3.11. The summed E-state index contributed by atoms with van der Waals surface area (Å²) in [5.74, 6) is 0.672. The molecule has 0 saturated heterocycles. The van der Waals surface area contributed by atoms with Crippen molar-refractivity contribution in [2.75, 3.05) is 5.32 Å². The number of carbonyl (C=O) groups excluding carboxylic acids is 1. The maximum atomic E-state index is 10.5. The summed E-state index contributed by atoms with van der Waals surface area (Å²) in [6.07, 6.45) is 0.732. The average Bonchev–Trinajstić information content (AvgIpc) is 2.31. The lowest BCUT2D eigenvalue weighted by atomic mass is 10.3. The molecule has 1 aromatic heterocycles. The molecule has 0 aliphatic heterocycles. The number of anilines is 2. The van der Waals surface area contributed by atoms with Gasteiger partial charge in [0.2, 0.25) is 0 Å². The molecule has 2 rings (SSSR count).